The Hall–Kier alpha value is -0.290. The van der Waals surface area contributed by atoms with E-state index in [2.05, 4.69) is 22.6 Å². The van der Waals surface area contributed by atoms with Crippen LogP contribution in [0.15, 0.2) is 30.3 Å². The third kappa shape index (κ3) is 4.70. The van der Waals surface area contributed by atoms with Crippen LogP contribution in [0.1, 0.15) is 23.8 Å². The summed E-state index contributed by atoms with van der Waals surface area (Å²) in [6.45, 7) is 0.456. The lowest BCUT2D eigenvalue weighted by molar-refractivity contribution is -0.143. The number of hydrogen-bond acceptors (Lipinski definition) is 2. The molecule has 0 radical (unpaired) electrons. The average Bonchev–Trinajstić information content (AvgIpc) is 2.34. The maximum Gasteiger partial charge on any atom is 0.328 e. The molecule has 0 saturated heterocycles. The molecule has 0 fully saturated rings. The van der Waals surface area contributed by atoms with E-state index in [0.717, 1.165) is 22.8 Å². The van der Waals surface area contributed by atoms with E-state index >= 15 is 0 Å². The molecule has 0 N–H and O–H groups in total. The number of benzene rings is 1. The number of carbonyl (C=O) groups excluding carboxylic acids is 1. The van der Waals surface area contributed by atoms with Gasteiger partial charge in [0.25, 0.3) is 0 Å². The summed E-state index contributed by atoms with van der Waals surface area (Å²) in [6.07, 6.45) is 1.96. The predicted molar refractivity (Wildman–Crippen MR) is 74.1 cm³/mol. The Morgan fingerprint density at radius 3 is 2.62 bits per heavy atom. The smallest absolute Gasteiger partial charge is 0.328 e. The number of ether oxygens (including phenoxy) is 1. The molecule has 4 heteroatoms. The van der Waals surface area contributed by atoms with Crippen LogP contribution in [0.2, 0.25) is 0 Å². The van der Waals surface area contributed by atoms with Gasteiger partial charge in [-0.2, -0.15) is 0 Å². The number of rotatable bonds is 6. The second kappa shape index (κ2) is 7.90. The highest BCUT2D eigenvalue weighted by Gasteiger charge is 2.18. The van der Waals surface area contributed by atoms with Crippen molar-refractivity contribution < 1.29 is 9.53 Å². The average molecular weight is 353 g/mol. The molecule has 2 nitrogen and oxygen atoms in total. The summed E-state index contributed by atoms with van der Waals surface area (Å²) < 4.78 is 6.17. The van der Waals surface area contributed by atoms with Crippen LogP contribution in [0.3, 0.4) is 0 Å². The molecular weight excluding hydrogens is 338 g/mol. The van der Waals surface area contributed by atoms with Gasteiger partial charge in [-0.1, -0.05) is 52.9 Å². The van der Waals surface area contributed by atoms with Crippen LogP contribution in [0.25, 0.3) is 0 Å². The standard InChI is InChI=1S/C12H14ClIO2/c13-11(10-6-2-1-3-7-10)12(15)16-9-5-4-8-14/h1-3,6-7,11H,4-5,8-9H2. The first kappa shape index (κ1) is 13.8. The Bertz CT molecular complexity index is 316. The fraction of sp³-hybridized carbons (Fsp3) is 0.417. The first-order valence-corrected chi connectivity index (χ1v) is 7.13. The number of unbranched alkanes of at least 4 members (excludes halogenated alkanes) is 1. The Labute approximate surface area is 114 Å². The van der Waals surface area contributed by atoms with Gasteiger partial charge in [-0.05, 0) is 22.8 Å². The molecule has 0 saturated carbocycles. The fourth-order valence-electron chi connectivity index (χ4n) is 1.20. The lowest BCUT2D eigenvalue weighted by Gasteiger charge is -2.09. The molecule has 88 valence electrons. The lowest BCUT2D eigenvalue weighted by Crippen LogP contribution is -2.12. The molecule has 0 heterocycles. The van der Waals surface area contributed by atoms with Crippen LogP contribution in [0, 0.1) is 0 Å². The van der Waals surface area contributed by atoms with Crippen molar-refractivity contribution in [3.8, 4) is 0 Å². The Balaban J connectivity index is 2.37. The van der Waals surface area contributed by atoms with Gasteiger partial charge in [0.1, 0.15) is 0 Å². The van der Waals surface area contributed by atoms with E-state index < -0.39 is 5.38 Å². The third-order valence-electron chi connectivity index (χ3n) is 2.07. The second-order valence-electron chi connectivity index (χ2n) is 3.34. The second-order valence-corrected chi connectivity index (χ2v) is 4.85. The molecule has 0 bridgehead atoms. The predicted octanol–water partition coefficient (Wildman–Crippen LogP) is 3.72. The number of halogens is 2. The van der Waals surface area contributed by atoms with Gasteiger partial charge in [0.2, 0.25) is 0 Å². The van der Waals surface area contributed by atoms with Gasteiger partial charge in [-0.15, -0.1) is 11.6 Å². The van der Waals surface area contributed by atoms with Gasteiger partial charge in [0, 0.05) is 0 Å². The summed E-state index contributed by atoms with van der Waals surface area (Å²) in [5, 5.41) is -0.694. The van der Waals surface area contributed by atoms with Crippen molar-refractivity contribution in [1.82, 2.24) is 0 Å². The van der Waals surface area contributed by atoms with Crippen LogP contribution in [0.4, 0.5) is 0 Å². The van der Waals surface area contributed by atoms with Crippen LogP contribution >= 0.6 is 34.2 Å². The summed E-state index contributed by atoms with van der Waals surface area (Å²) in [4.78, 5) is 11.6. The molecule has 0 spiro atoms. The number of esters is 1. The van der Waals surface area contributed by atoms with E-state index in [9.17, 15) is 4.79 Å². The molecule has 1 aromatic rings. The van der Waals surface area contributed by atoms with E-state index in [4.69, 9.17) is 16.3 Å². The van der Waals surface area contributed by atoms with Crippen LogP contribution < -0.4 is 0 Å². The van der Waals surface area contributed by atoms with Crippen LogP contribution in [-0.4, -0.2) is 17.0 Å². The highest BCUT2D eigenvalue weighted by atomic mass is 127. The lowest BCUT2D eigenvalue weighted by atomic mass is 10.1. The molecule has 1 atom stereocenters. The topological polar surface area (TPSA) is 26.3 Å². The molecular formula is C12H14ClIO2. The minimum Gasteiger partial charge on any atom is -0.464 e. The summed E-state index contributed by atoms with van der Waals surface area (Å²) in [5.41, 5.74) is 0.781. The highest BCUT2D eigenvalue weighted by molar-refractivity contribution is 14.1. The van der Waals surface area contributed by atoms with Gasteiger partial charge >= 0.3 is 5.97 Å². The van der Waals surface area contributed by atoms with Crippen LogP contribution in [0.5, 0.6) is 0 Å². The molecule has 1 unspecified atom stereocenters. The van der Waals surface area contributed by atoms with Crippen molar-refractivity contribution in [2.75, 3.05) is 11.0 Å². The zero-order valence-electron chi connectivity index (χ0n) is 8.86. The monoisotopic (exact) mass is 352 g/mol. The van der Waals surface area contributed by atoms with Crippen molar-refractivity contribution in [2.45, 2.75) is 18.2 Å². The maximum absolute atomic E-state index is 11.6. The molecule has 0 aromatic heterocycles. The van der Waals surface area contributed by atoms with Crippen LogP contribution in [-0.2, 0) is 9.53 Å². The van der Waals surface area contributed by atoms with E-state index in [1.165, 1.54) is 0 Å². The van der Waals surface area contributed by atoms with Crippen molar-refractivity contribution in [1.29, 1.82) is 0 Å². The summed E-state index contributed by atoms with van der Waals surface area (Å²) in [6, 6.07) is 9.24. The number of hydrogen-bond donors (Lipinski definition) is 0. The molecule has 1 aromatic carbocycles. The van der Waals surface area contributed by atoms with Gasteiger partial charge in [-0.25, -0.2) is 0 Å². The first-order chi connectivity index (χ1) is 7.75. The summed E-state index contributed by atoms with van der Waals surface area (Å²) in [7, 11) is 0. The van der Waals surface area contributed by atoms with Crippen molar-refractivity contribution in [3.63, 3.8) is 0 Å². The van der Waals surface area contributed by atoms with E-state index in [1.807, 2.05) is 30.3 Å². The zero-order chi connectivity index (χ0) is 11.8. The zero-order valence-corrected chi connectivity index (χ0v) is 11.8. The van der Waals surface area contributed by atoms with Crippen molar-refractivity contribution in [3.05, 3.63) is 35.9 Å². The fourth-order valence-corrected chi connectivity index (χ4v) is 1.95. The van der Waals surface area contributed by atoms with Gasteiger partial charge < -0.3 is 4.74 Å². The molecule has 0 aliphatic carbocycles. The van der Waals surface area contributed by atoms with Gasteiger partial charge in [-0.3, -0.25) is 4.79 Å². The minimum atomic E-state index is -0.694. The number of carbonyl (C=O) groups is 1. The summed E-state index contributed by atoms with van der Waals surface area (Å²) in [5.74, 6) is -0.360. The minimum absolute atomic E-state index is 0.360. The quantitative estimate of drug-likeness (QED) is 0.337. The highest BCUT2D eigenvalue weighted by Crippen LogP contribution is 2.21. The molecule has 0 aliphatic heterocycles. The molecule has 16 heavy (non-hydrogen) atoms. The normalized spacial score (nSPS) is 12.1. The molecule has 0 aliphatic rings. The Morgan fingerprint density at radius 1 is 1.31 bits per heavy atom. The third-order valence-corrected chi connectivity index (χ3v) is 3.26. The summed E-state index contributed by atoms with van der Waals surface area (Å²) >= 11 is 8.29. The maximum atomic E-state index is 11.6. The first-order valence-electron chi connectivity index (χ1n) is 5.17. The van der Waals surface area contributed by atoms with Crippen molar-refractivity contribution in [2.24, 2.45) is 0 Å². The Kier molecular flexibility index (Phi) is 6.80. The van der Waals surface area contributed by atoms with Crippen molar-refractivity contribution >= 4 is 40.2 Å². The van der Waals surface area contributed by atoms with E-state index in [-0.39, 0.29) is 5.97 Å². The van der Waals surface area contributed by atoms with Gasteiger partial charge in [0.05, 0.1) is 6.61 Å². The Morgan fingerprint density at radius 2 is 2.00 bits per heavy atom. The van der Waals surface area contributed by atoms with E-state index in [0.29, 0.717) is 6.61 Å². The number of alkyl halides is 2. The van der Waals surface area contributed by atoms with E-state index in [1.54, 1.807) is 0 Å². The SMILES string of the molecule is O=C(OCCCCI)C(Cl)c1ccccc1. The molecule has 0 amide bonds. The van der Waals surface area contributed by atoms with Gasteiger partial charge in [0.15, 0.2) is 5.38 Å². The molecule has 1 rings (SSSR count). The largest absolute Gasteiger partial charge is 0.464 e.